The lowest BCUT2D eigenvalue weighted by molar-refractivity contribution is -0.115. The molecule has 5 heteroatoms. The third kappa shape index (κ3) is 4.65. The summed E-state index contributed by atoms with van der Waals surface area (Å²) in [6.07, 6.45) is 0.353. The number of amides is 1. The molecule has 2 N–H and O–H groups in total. The number of hydrogen-bond donors (Lipinski definition) is 2. The number of aryl methyl sites for hydroxylation is 2. The summed E-state index contributed by atoms with van der Waals surface area (Å²) in [5.74, 6) is -0.0375. The molecule has 3 nitrogen and oxygen atoms in total. The summed E-state index contributed by atoms with van der Waals surface area (Å²) in [5, 5.41) is 7.17. The minimum absolute atomic E-state index is 0.0375. The summed E-state index contributed by atoms with van der Waals surface area (Å²) in [4.78, 5) is 12.0. The van der Waals surface area contributed by atoms with Gasteiger partial charge in [-0.2, -0.15) is 0 Å². The van der Waals surface area contributed by atoms with Crippen molar-refractivity contribution in [3.63, 3.8) is 0 Å². The van der Waals surface area contributed by atoms with Gasteiger partial charge in [-0.1, -0.05) is 40.9 Å². The van der Waals surface area contributed by atoms with Gasteiger partial charge in [0, 0.05) is 23.7 Å². The van der Waals surface area contributed by atoms with E-state index >= 15 is 0 Å². The average Bonchev–Trinajstić information content (AvgIpc) is 2.44. The summed E-state index contributed by atoms with van der Waals surface area (Å²) < 4.78 is 0. The summed E-state index contributed by atoms with van der Waals surface area (Å²) in [5.41, 5.74) is 3.85. The molecule has 0 radical (unpaired) electrons. The Labute approximate surface area is 140 Å². The smallest absolute Gasteiger partial charge is 0.226 e. The van der Waals surface area contributed by atoms with E-state index < -0.39 is 0 Å². The van der Waals surface area contributed by atoms with Gasteiger partial charge in [0.1, 0.15) is 0 Å². The van der Waals surface area contributed by atoms with E-state index in [0.29, 0.717) is 23.0 Å². The first-order chi connectivity index (χ1) is 10.5. The van der Waals surface area contributed by atoms with Crippen LogP contribution in [-0.2, 0) is 4.79 Å². The van der Waals surface area contributed by atoms with Crippen molar-refractivity contribution in [2.75, 3.05) is 17.2 Å². The minimum Gasteiger partial charge on any atom is -0.383 e. The number of carbonyl (C=O) groups excluding carboxylic acids is 1. The standard InChI is InChI=1S/C17H18Cl2N2O/c1-11-3-5-15(12(2)9-11)21-17(22)7-8-20-16-6-4-13(18)10-14(16)19/h3-6,9-10,20H,7-8H2,1-2H3,(H,21,22). The van der Waals surface area contributed by atoms with Crippen LogP contribution in [0.15, 0.2) is 36.4 Å². The molecule has 0 aliphatic carbocycles. The molecular weight excluding hydrogens is 319 g/mol. The highest BCUT2D eigenvalue weighted by Gasteiger charge is 2.06. The predicted molar refractivity (Wildman–Crippen MR) is 94.1 cm³/mol. The molecule has 0 fully saturated rings. The second-order valence-electron chi connectivity index (χ2n) is 5.17. The zero-order chi connectivity index (χ0) is 16.1. The molecule has 0 atom stereocenters. The maximum atomic E-state index is 12.0. The van der Waals surface area contributed by atoms with E-state index in [-0.39, 0.29) is 5.91 Å². The lowest BCUT2D eigenvalue weighted by atomic mass is 10.1. The van der Waals surface area contributed by atoms with Crippen molar-refractivity contribution in [1.82, 2.24) is 0 Å². The summed E-state index contributed by atoms with van der Waals surface area (Å²) in [6.45, 7) is 4.50. The predicted octanol–water partition coefficient (Wildman–Crippen LogP) is 5.05. The van der Waals surface area contributed by atoms with Gasteiger partial charge in [-0.15, -0.1) is 0 Å². The zero-order valence-corrected chi connectivity index (χ0v) is 14.1. The Bertz CT molecular complexity index is 686. The highest BCUT2D eigenvalue weighted by atomic mass is 35.5. The Morgan fingerprint density at radius 1 is 1.05 bits per heavy atom. The normalized spacial score (nSPS) is 10.4. The van der Waals surface area contributed by atoms with E-state index in [1.165, 1.54) is 5.56 Å². The number of anilines is 2. The van der Waals surface area contributed by atoms with Crippen molar-refractivity contribution in [1.29, 1.82) is 0 Å². The Morgan fingerprint density at radius 2 is 1.77 bits per heavy atom. The summed E-state index contributed by atoms with van der Waals surface area (Å²) in [6, 6.07) is 11.2. The van der Waals surface area contributed by atoms with Crippen molar-refractivity contribution >= 4 is 40.5 Å². The van der Waals surface area contributed by atoms with Crippen LogP contribution in [0.4, 0.5) is 11.4 Å². The van der Waals surface area contributed by atoms with Gasteiger partial charge < -0.3 is 10.6 Å². The van der Waals surface area contributed by atoms with Crippen LogP contribution in [0.25, 0.3) is 0 Å². The van der Waals surface area contributed by atoms with Gasteiger partial charge in [-0.25, -0.2) is 0 Å². The van der Waals surface area contributed by atoms with E-state index in [1.54, 1.807) is 18.2 Å². The fourth-order valence-corrected chi connectivity index (χ4v) is 2.59. The van der Waals surface area contributed by atoms with E-state index in [4.69, 9.17) is 23.2 Å². The summed E-state index contributed by atoms with van der Waals surface area (Å²) >= 11 is 11.9. The topological polar surface area (TPSA) is 41.1 Å². The molecule has 0 aliphatic rings. The Kier molecular flexibility index (Phi) is 5.69. The third-order valence-corrected chi connectivity index (χ3v) is 3.80. The highest BCUT2D eigenvalue weighted by molar-refractivity contribution is 6.36. The van der Waals surface area contributed by atoms with Crippen LogP contribution in [0.2, 0.25) is 10.0 Å². The molecule has 0 unspecified atom stereocenters. The van der Waals surface area contributed by atoms with Gasteiger partial charge in [0.15, 0.2) is 0 Å². The van der Waals surface area contributed by atoms with Crippen molar-refractivity contribution in [2.45, 2.75) is 20.3 Å². The molecule has 0 bridgehead atoms. The lowest BCUT2D eigenvalue weighted by Gasteiger charge is -2.11. The monoisotopic (exact) mass is 336 g/mol. The Hall–Kier alpha value is -1.71. The first kappa shape index (κ1) is 16.7. The van der Waals surface area contributed by atoms with Gasteiger partial charge >= 0.3 is 0 Å². The number of nitrogens with one attached hydrogen (secondary N) is 2. The Balaban J connectivity index is 1.85. The van der Waals surface area contributed by atoms with Crippen molar-refractivity contribution in [3.05, 3.63) is 57.6 Å². The van der Waals surface area contributed by atoms with Crippen LogP contribution >= 0.6 is 23.2 Å². The number of benzene rings is 2. The molecule has 0 heterocycles. The molecular formula is C17H18Cl2N2O. The average molecular weight is 337 g/mol. The van der Waals surface area contributed by atoms with Crippen LogP contribution in [0.5, 0.6) is 0 Å². The van der Waals surface area contributed by atoms with Gasteiger partial charge in [0.2, 0.25) is 5.91 Å². The van der Waals surface area contributed by atoms with Gasteiger partial charge in [0.05, 0.1) is 10.7 Å². The van der Waals surface area contributed by atoms with Gasteiger partial charge in [-0.3, -0.25) is 4.79 Å². The van der Waals surface area contributed by atoms with Crippen molar-refractivity contribution < 1.29 is 4.79 Å². The fraction of sp³-hybridized carbons (Fsp3) is 0.235. The molecule has 116 valence electrons. The van der Waals surface area contributed by atoms with E-state index in [2.05, 4.69) is 10.6 Å². The molecule has 0 aromatic heterocycles. The molecule has 1 amide bonds. The molecule has 2 aromatic carbocycles. The maximum absolute atomic E-state index is 12.0. The second kappa shape index (κ2) is 7.52. The van der Waals surface area contributed by atoms with Gasteiger partial charge in [-0.05, 0) is 43.7 Å². The van der Waals surface area contributed by atoms with Gasteiger partial charge in [0.25, 0.3) is 0 Å². The Morgan fingerprint density at radius 3 is 2.45 bits per heavy atom. The molecule has 0 spiro atoms. The van der Waals surface area contributed by atoms with Crippen LogP contribution in [0.1, 0.15) is 17.5 Å². The minimum atomic E-state index is -0.0375. The first-order valence-corrected chi connectivity index (χ1v) is 7.77. The number of rotatable bonds is 5. The molecule has 22 heavy (non-hydrogen) atoms. The fourth-order valence-electron chi connectivity index (χ4n) is 2.11. The number of halogens is 2. The largest absolute Gasteiger partial charge is 0.383 e. The number of carbonyl (C=O) groups is 1. The maximum Gasteiger partial charge on any atom is 0.226 e. The highest BCUT2D eigenvalue weighted by Crippen LogP contribution is 2.25. The molecule has 0 saturated carbocycles. The quantitative estimate of drug-likeness (QED) is 0.801. The number of hydrogen-bond acceptors (Lipinski definition) is 2. The van der Waals surface area contributed by atoms with Crippen molar-refractivity contribution in [2.24, 2.45) is 0 Å². The van der Waals surface area contributed by atoms with Crippen LogP contribution in [0.3, 0.4) is 0 Å². The molecule has 0 aliphatic heterocycles. The first-order valence-electron chi connectivity index (χ1n) is 7.02. The zero-order valence-electron chi connectivity index (χ0n) is 12.5. The molecule has 2 rings (SSSR count). The van der Waals surface area contributed by atoms with Crippen LogP contribution < -0.4 is 10.6 Å². The third-order valence-electron chi connectivity index (χ3n) is 3.25. The van der Waals surface area contributed by atoms with Crippen LogP contribution in [-0.4, -0.2) is 12.5 Å². The van der Waals surface area contributed by atoms with E-state index in [9.17, 15) is 4.79 Å². The van der Waals surface area contributed by atoms with E-state index in [1.807, 2.05) is 32.0 Å². The molecule has 2 aromatic rings. The SMILES string of the molecule is Cc1ccc(NC(=O)CCNc2ccc(Cl)cc2Cl)c(C)c1. The second-order valence-corrected chi connectivity index (χ2v) is 6.01. The molecule has 0 saturated heterocycles. The van der Waals surface area contributed by atoms with Crippen LogP contribution in [0, 0.1) is 13.8 Å². The lowest BCUT2D eigenvalue weighted by Crippen LogP contribution is -2.17. The van der Waals surface area contributed by atoms with E-state index in [0.717, 1.165) is 16.9 Å². The van der Waals surface area contributed by atoms with Crippen molar-refractivity contribution in [3.8, 4) is 0 Å². The summed E-state index contributed by atoms with van der Waals surface area (Å²) in [7, 11) is 0.